The van der Waals surface area contributed by atoms with Gasteiger partial charge in [-0.25, -0.2) is 9.97 Å². The Morgan fingerprint density at radius 3 is 2.43 bits per heavy atom. The molecule has 1 heterocycles. The van der Waals surface area contributed by atoms with Gasteiger partial charge in [0, 0.05) is 17.9 Å². The lowest BCUT2D eigenvalue weighted by atomic mass is 10.1. The Morgan fingerprint density at radius 2 is 1.93 bits per heavy atom. The summed E-state index contributed by atoms with van der Waals surface area (Å²) in [4.78, 5) is 19.1. The number of hydrogen-bond donors (Lipinski definition) is 1. The summed E-state index contributed by atoms with van der Waals surface area (Å²) in [6.45, 7) is 5.85. The van der Waals surface area contributed by atoms with E-state index in [0.717, 1.165) is 5.56 Å². The molecule has 1 amide bonds. The van der Waals surface area contributed by atoms with Gasteiger partial charge in [0.25, 0.3) is 0 Å². The van der Waals surface area contributed by atoms with E-state index >= 15 is 0 Å². The first-order valence-corrected chi connectivity index (χ1v) is 4.52. The predicted molar refractivity (Wildman–Crippen MR) is 53.6 cm³/mol. The number of nitrogens with zero attached hydrogens (tertiary/aromatic N) is 2. The van der Waals surface area contributed by atoms with E-state index in [1.807, 2.05) is 20.8 Å². The van der Waals surface area contributed by atoms with Gasteiger partial charge in [-0.2, -0.15) is 0 Å². The highest BCUT2D eigenvalue weighted by Crippen LogP contribution is 2.01. The van der Waals surface area contributed by atoms with Gasteiger partial charge < -0.3 is 5.32 Å². The lowest BCUT2D eigenvalue weighted by Crippen LogP contribution is -2.41. The van der Waals surface area contributed by atoms with Crippen LogP contribution in [0.3, 0.4) is 0 Å². The van der Waals surface area contributed by atoms with Crippen molar-refractivity contribution in [2.75, 3.05) is 0 Å². The second kappa shape index (κ2) is 4.17. The minimum absolute atomic E-state index is 0.00713. The van der Waals surface area contributed by atoms with E-state index in [2.05, 4.69) is 15.3 Å². The minimum Gasteiger partial charge on any atom is -0.351 e. The van der Waals surface area contributed by atoms with Crippen molar-refractivity contribution in [3.8, 4) is 0 Å². The molecule has 0 saturated carbocycles. The average Bonchev–Trinajstić information content (AvgIpc) is 2.02. The number of carbonyl (C=O) groups excluding carboxylic acids is 1. The van der Waals surface area contributed by atoms with Crippen molar-refractivity contribution < 1.29 is 4.79 Å². The average molecular weight is 193 g/mol. The van der Waals surface area contributed by atoms with Crippen molar-refractivity contribution in [2.45, 2.75) is 32.7 Å². The van der Waals surface area contributed by atoms with E-state index in [0.29, 0.717) is 6.42 Å². The van der Waals surface area contributed by atoms with Crippen LogP contribution in [0, 0.1) is 0 Å². The molecule has 1 N–H and O–H groups in total. The van der Waals surface area contributed by atoms with E-state index in [9.17, 15) is 4.79 Å². The standard InChI is InChI=1S/C10H15N3O/c1-10(2,3)13-9(14)4-8-5-11-7-12-6-8/h5-7H,4H2,1-3H3,(H,13,14). The molecule has 4 nitrogen and oxygen atoms in total. The van der Waals surface area contributed by atoms with Crippen molar-refractivity contribution in [1.29, 1.82) is 0 Å². The van der Waals surface area contributed by atoms with Crippen molar-refractivity contribution in [3.63, 3.8) is 0 Å². The summed E-state index contributed by atoms with van der Waals surface area (Å²) in [5, 5.41) is 2.87. The lowest BCUT2D eigenvalue weighted by Gasteiger charge is -2.20. The highest BCUT2D eigenvalue weighted by atomic mass is 16.1. The fourth-order valence-electron chi connectivity index (χ4n) is 1.07. The van der Waals surface area contributed by atoms with E-state index < -0.39 is 0 Å². The summed E-state index contributed by atoms with van der Waals surface area (Å²) in [6, 6.07) is 0. The summed E-state index contributed by atoms with van der Waals surface area (Å²) in [6.07, 6.45) is 5.08. The normalized spacial score (nSPS) is 11.1. The van der Waals surface area contributed by atoms with Gasteiger partial charge in [0.1, 0.15) is 6.33 Å². The van der Waals surface area contributed by atoms with E-state index in [-0.39, 0.29) is 11.4 Å². The smallest absolute Gasteiger partial charge is 0.224 e. The monoisotopic (exact) mass is 193 g/mol. The second-order valence-corrected chi connectivity index (χ2v) is 4.22. The third-order valence-electron chi connectivity index (χ3n) is 1.49. The van der Waals surface area contributed by atoms with E-state index in [1.54, 1.807) is 12.4 Å². The van der Waals surface area contributed by atoms with Crippen LogP contribution in [0.2, 0.25) is 0 Å². The van der Waals surface area contributed by atoms with Gasteiger partial charge in [-0.3, -0.25) is 4.79 Å². The van der Waals surface area contributed by atoms with Crippen molar-refractivity contribution >= 4 is 5.91 Å². The Hall–Kier alpha value is -1.45. The molecule has 1 rings (SSSR count). The third-order valence-corrected chi connectivity index (χ3v) is 1.49. The SMILES string of the molecule is CC(C)(C)NC(=O)Cc1cncnc1. The largest absolute Gasteiger partial charge is 0.351 e. The Balaban J connectivity index is 2.50. The zero-order valence-corrected chi connectivity index (χ0v) is 8.74. The van der Waals surface area contributed by atoms with Gasteiger partial charge in [-0.1, -0.05) is 0 Å². The number of rotatable bonds is 2. The minimum atomic E-state index is -0.188. The summed E-state index contributed by atoms with van der Waals surface area (Å²) in [5.41, 5.74) is 0.640. The van der Waals surface area contributed by atoms with Gasteiger partial charge in [0.05, 0.1) is 6.42 Å². The molecule has 0 spiro atoms. The van der Waals surface area contributed by atoms with Crippen LogP contribution in [0.5, 0.6) is 0 Å². The number of amides is 1. The van der Waals surface area contributed by atoms with Gasteiger partial charge in [0.2, 0.25) is 5.91 Å². The zero-order chi connectivity index (χ0) is 10.6. The number of hydrogen-bond acceptors (Lipinski definition) is 3. The first-order valence-electron chi connectivity index (χ1n) is 4.52. The molecule has 14 heavy (non-hydrogen) atoms. The Labute approximate surface area is 83.8 Å². The maximum absolute atomic E-state index is 11.5. The van der Waals surface area contributed by atoms with Crippen LogP contribution in [-0.2, 0) is 11.2 Å². The Kier molecular flexibility index (Phi) is 3.17. The fraction of sp³-hybridized carbons (Fsp3) is 0.500. The van der Waals surface area contributed by atoms with Crippen molar-refractivity contribution in [1.82, 2.24) is 15.3 Å². The first-order chi connectivity index (χ1) is 6.47. The summed E-state index contributed by atoms with van der Waals surface area (Å²) < 4.78 is 0. The molecule has 0 unspecified atom stereocenters. The van der Waals surface area contributed by atoms with Gasteiger partial charge >= 0.3 is 0 Å². The molecule has 1 aromatic rings. The molecular weight excluding hydrogens is 178 g/mol. The van der Waals surface area contributed by atoms with Gasteiger partial charge in [-0.15, -0.1) is 0 Å². The van der Waals surface area contributed by atoms with Gasteiger partial charge in [-0.05, 0) is 26.3 Å². The molecule has 0 bridgehead atoms. The van der Waals surface area contributed by atoms with Gasteiger partial charge in [0.15, 0.2) is 0 Å². The van der Waals surface area contributed by atoms with Crippen LogP contribution in [-0.4, -0.2) is 21.4 Å². The third kappa shape index (κ3) is 3.98. The van der Waals surface area contributed by atoms with E-state index in [1.165, 1.54) is 6.33 Å². The maximum atomic E-state index is 11.5. The maximum Gasteiger partial charge on any atom is 0.224 e. The lowest BCUT2D eigenvalue weighted by molar-refractivity contribution is -0.121. The molecule has 0 fully saturated rings. The summed E-state index contributed by atoms with van der Waals surface area (Å²) >= 11 is 0. The molecular formula is C10H15N3O. The number of nitrogens with one attached hydrogen (secondary N) is 1. The number of carbonyl (C=O) groups is 1. The second-order valence-electron chi connectivity index (χ2n) is 4.22. The van der Waals surface area contributed by atoms with E-state index in [4.69, 9.17) is 0 Å². The molecule has 0 aliphatic rings. The highest BCUT2D eigenvalue weighted by Gasteiger charge is 2.13. The van der Waals surface area contributed by atoms with Crippen LogP contribution in [0.25, 0.3) is 0 Å². The highest BCUT2D eigenvalue weighted by molar-refractivity contribution is 5.78. The predicted octanol–water partition coefficient (Wildman–Crippen LogP) is 0.934. The topological polar surface area (TPSA) is 54.9 Å². The Bertz CT molecular complexity index is 303. The first kappa shape index (κ1) is 10.6. The molecule has 0 aliphatic heterocycles. The van der Waals surface area contributed by atoms with Crippen molar-refractivity contribution in [3.05, 3.63) is 24.3 Å². The molecule has 0 saturated heterocycles. The molecule has 0 radical (unpaired) electrons. The van der Waals surface area contributed by atoms with Crippen molar-refractivity contribution in [2.24, 2.45) is 0 Å². The molecule has 1 aromatic heterocycles. The molecule has 0 aromatic carbocycles. The Morgan fingerprint density at radius 1 is 1.36 bits per heavy atom. The zero-order valence-electron chi connectivity index (χ0n) is 8.74. The van der Waals surface area contributed by atoms with Crippen LogP contribution < -0.4 is 5.32 Å². The van der Waals surface area contributed by atoms with Crippen LogP contribution in [0.4, 0.5) is 0 Å². The molecule has 76 valence electrons. The molecule has 4 heteroatoms. The number of aromatic nitrogens is 2. The van der Waals surface area contributed by atoms with Crippen LogP contribution in [0.1, 0.15) is 26.3 Å². The molecule has 0 atom stereocenters. The summed E-state index contributed by atoms with van der Waals surface area (Å²) in [5.74, 6) is -0.00713. The quantitative estimate of drug-likeness (QED) is 0.760. The van der Waals surface area contributed by atoms with Crippen LogP contribution >= 0.6 is 0 Å². The fourth-order valence-corrected chi connectivity index (χ4v) is 1.07. The van der Waals surface area contributed by atoms with Crippen LogP contribution in [0.15, 0.2) is 18.7 Å². The molecule has 0 aliphatic carbocycles. The summed E-state index contributed by atoms with van der Waals surface area (Å²) in [7, 11) is 0.